The van der Waals surface area contributed by atoms with Gasteiger partial charge in [-0.2, -0.15) is 0 Å². The molecule has 8 nitrogen and oxygen atoms in total. The molecule has 1 aromatic carbocycles. The zero-order chi connectivity index (χ0) is 15.3. The van der Waals surface area contributed by atoms with Crippen LogP contribution in [0.15, 0.2) is 18.2 Å². The SMILES string of the molecule is CNC(=O)[C@@H](C)Nc1ccc([N+](=O)[O-])c(C(=O)OC)c1. The number of benzene rings is 1. The Morgan fingerprint density at radius 2 is 2.05 bits per heavy atom. The highest BCUT2D eigenvalue weighted by atomic mass is 16.6. The van der Waals surface area contributed by atoms with E-state index < -0.39 is 16.9 Å². The average molecular weight is 281 g/mol. The van der Waals surface area contributed by atoms with Crippen LogP contribution in [0.25, 0.3) is 0 Å². The molecule has 0 spiro atoms. The standard InChI is InChI=1S/C12H15N3O5/c1-7(11(16)13-2)14-8-4-5-10(15(18)19)9(6-8)12(17)20-3/h4-7,14H,1-3H3,(H,13,16)/t7-/m1/s1. The van der Waals surface area contributed by atoms with E-state index in [4.69, 9.17) is 0 Å². The maximum Gasteiger partial charge on any atom is 0.344 e. The van der Waals surface area contributed by atoms with Crippen molar-refractivity contribution in [1.29, 1.82) is 0 Å². The van der Waals surface area contributed by atoms with Crippen molar-refractivity contribution in [2.24, 2.45) is 0 Å². The number of likely N-dealkylation sites (N-methyl/N-ethyl adjacent to an activating group) is 1. The molecule has 0 saturated carbocycles. The van der Waals surface area contributed by atoms with Crippen molar-refractivity contribution < 1.29 is 19.2 Å². The molecule has 1 amide bonds. The maximum atomic E-state index is 11.5. The van der Waals surface area contributed by atoms with Gasteiger partial charge in [-0.05, 0) is 19.1 Å². The van der Waals surface area contributed by atoms with E-state index in [0.29, 0.717) is 5.69 Å². The highest BCUT2D eigenvalue weighted by molar-refractivity contribution is 5.95. The zero-order valence-electron chi connectivity index (χ0n) is 11.3. The second kappa shape index (κ2) is 6.50. The van der Waals surface area contributed by atoms with Gasteiger partial charge in [0, 0.05) is 18.8 Å². The predicted octanol–water partition coefficient (Wildman–Crippen LogP) is 0.928. The van der Waals surface area contributed by atoms with E-state index in [1.165, 1.54) is 25.2 Å². The molecule has 1 aromatic rings. The lowest BCUT2D eigenvalue weighted by Gasteiger charge is -2.14. The number of nitro groups is 1. The minimum absolute atomic E-state index is 0.174. The summed E-state index contributed by atoms with van der Waals surface area (Å²) in [7, 11) is 2.63. The maximum absolute atomic E-state index is 11.5. The molecule has 0 bridgehead atoms. The minimum Gasteiger partial charge on any atom is -0.465 e. The lowest BCUT2D eigenvalue weighted by Crippen LogP contribution is -2.35. The molecular formula is C12H15N3O5. The van der Waals surface area contributed by atoms with Crippen molar-refractivity contribution in [2.45, 2.75) is 13.0 Å². The molecule has 0 aliphatic rings. The monoisotopic (exact) mass is 281 g/mol. The fourth-order valence-corrected chi connectivity index (χ4v) is 1.59. The van der Waals surface area contributed by atoms with Crippen LogP contribution in [0, 0.1) is 10.1 Å². The number of hydrogen-bond donors (Lipinski definition) is 2. The second-order valence-corrected chi connectivity index (χ2v) is 3.96. The van der Waals surface area contributed by atoms with Crippen LogP contribution in [0.2, 0.25) is 0 Å². The average Bonchev–Trinajstić information content (AvgIpc) is 2.44. The van der Waals surface area contributed by atoms with Gasteiger partial charge in [-0.1, -0.05) is 0 Å². The van der Waals surface area contributed by atoms with Gasteiger partial charge in [-0.15, -0.1) is 0 Å². The van der Waals surface area contributed by atoms with E-state index in [0.717, 1.165) is 7.11 Å². The topological polar surface area (TPSA) is 111 Å². The predicted molar refractivity (Wildman–Crippen MR) is 71.6 cm³/mol. The van der Waals surface area contributed by atoms with Crippen molar-refractivity contribution in [1.82, 2.24) is 5.32 Å². The molecule has 2 N–H and O–H groups in total. The Hall–Kier alpha value is -2.64. The van der Waals surface area contributed by atoms with Gasteiger partial charge in [-0.3, -0.25) is 14.9 Å². The smallest absolute Gasteiger partial charge is 0.344 e. The third-order valence-electron chi connectivity index (χ3n) is 2.62. The van der Waals surface area contributed by atoms with Crippen LogP contribution >= 0.6 is 0 Å². The normalized spacial score (nSPS) is 11.3. The molecule has 20 heavy (non-hydrogen) atoms. The summed E-state index contributed by atoms with van der Waals surface area (Å²) < 4.78 is 4.51. The van der Waals surface area contributed by atoms with Crippen LogP contribution in [0.4, 0.5) is 11.4 Å². The van der Waals surface area contributed by atoms with Gasteiger partial charge < -0.3 is 15.4 Å². The number of esters is 1. The first kappa shape index (κ1) is 15.4. The molecule has 8 heteroatoms. The summed E-state index contributed by atoms with van der Waals surface area (Å²) in [4.78, 5) is 33.1. The number of methoxy groups -OCH3 is 1. The summed E-state index contributed by atoms with van der Waals surface area (Å²) in [5.74, 6) is -1.06. The highest BCUT2D eigenvalue weighted by Gasteiger charge is 2.22. The highest BCUT2D eigenvalue weighted by Crippen LogP contribution is 2.23. The van der Waals surface area contributed by atoms with Crippen molar-refractivity contribution in [2.75, 3.05) is 19.5 Å². The Labute approximate surface area is 115 Å². The summed E-state index contributed by atoms with van der Waals surface area (Å²) >= 11 is 0. The Bertz CT molecular complexity index is 544. The van der Waals surface area contributed by atoms with E-state index >= 15 is 0 Å². The van der Waals surface area contributed by atoms with Crippen LogP contribution in [-0.4, -0.2) is 37.0 Å². The van der Waals surface area contributed by atoms with Gasteiger partial charge in [-0.25, -0.2) is 4.79 Å². The Morgan fingerprint density at radius 3 is 2.55 bits per heavy atom. The number of anilines is 1. The summed E-state index contributed by atoms with van der Waals surface area (Å²) in [6.45, 7) is 1.62. The number of hydrogen-bond acceptors (Lipinski definition) is 6. The Morgan fingerprint density at radius 1 is 1.40 bits per heavy atom. The van der Waals surface area contributed by atoms with Crippen LogP contribution in [-0.2, 0) is 9.53 Å². The third-order valence-corrected chi connectivity index (χ3v) is 2.62. The van der Waals surface area contributed by atoms with E-state index in [1.807, 2.05) is 0 Å². The number of carbonyl (C=O) groups excluding carboxylic acids is 2. The number of nitrogens with zero attached hydrogens (tertiary/aromatic N) is 1. The minimum atomic E-state index is -0.812. The summed E-state index contributed by atoms with van der Waals surface area (Å²) in [5.41, 5.74) is -0.117. The number of nitrogens with one attached hydrogen (secondary N) is 2. The summed E-state index contributed by atoms with van der Waals surface area (Å²) in [6.07, 6.45) is 0. The molecule has 0 heterocycles. The molecule has 0 radical (unpaired) electrons. The van der Waals surface area contributed by atoms with Crippen molar-refractivity contribution in [3.8, 4) is 0 Å². The van der Waals surface area contributed by atoms with Gasteiger partial charge in [0.05, 0.1) is 12.0 Å². The number of carbonyl (C=O) groups is 2. The van der Waals surface area contributed by atoms with Crippen LogP contribution in [0.5, 0.6) is 0 Å². The largest absolute Gasteiger partial charge is 0.465 e. The third kappa shape index (κ3) is 3.44. The Kier molecular flexibility index (Phi) is 5.01. The summed E-state index contributed by atoms with van der Waals surface area (Å²) in [5, 5.41) is 16.1. The first-order valence-corrected chi connectivity index (χ1v) is 5.75. The number of nitro benzene ring substituents is 1. The molecular weight excluding hydrogens is 266 g/mol. The number of rotatable bonds is 5. The summed E-state index contributed by atoms with van der Waals surface area (Å²) in [6, 6.07) is 3.34. The van der Waals surface area contributed by atoms with Gasteiger partial charge in [0.2, 0.25) is 5.91 Å². The van der Waals surface area contributed by atoms with Crippen LogP contribution in [0.1, 0.15) is 17.3 Å². The van der Waals surface area contributed by atoms with E-state index in [1.54, 1.807) is 6.92 Å². The van der Waals surface area contributed by atoms with Gasteiger partial charge >= 0.3 is 5.97 Å². The van der Waals surface area contributed by atoms with Gasteiger partial charge in [0.25, 0.3) is 5.69 Å². The van der Waals surface area contributed by atoms with E-state index in [9.17, 15) is 19.7 Å². The number of ether oxygens (including phenoxy) is 1. The van der Waals surface area contributed by atoms with Crippen LogP contribution < -0.4 is 10.6 Å². The van der Waals surface area contributed by atoms with Crippen molar-refractivity contribution in [3.05, 3.63) is 33.9 Å². The lowest BCUT2D eigenvalue weighted by atomic mass is 10.1. The molecule has 1 rings (SSSR count). The fraction of sp³-hybridized carbons (Fsp3) is 0.333. The fourth-order valence-electron chi connectivity index (χ4n) is 1.59. The van der Waals surface area contributed by atoms with Crippen molar-refractivity contribution >= 4 is 23.3 Å². The first-order valence-electron chi connectivity index (χ1n) is 5.75. The molecule has 0 aromatic heterocycles. The van der Waals surface area contributed by atoms with Crippen molar-refractivity contribution in [3.63, 3.8) is 0 Å². The lowest BCUT2D eigenvalue weighted by molar-refractivity contribution is -0.385. The molecule has 0 unspecified atom stereocenters. The molecule has 0 fully saturated rings. The molecule has 0 saturated heterocycles. The second-order valence-electron chi connectivity index (χ2n) is 3.96. The molecule has 1 atom stereocenters. The number of amides is 1. The van der Waals surface area contributed by atoms with E-state index in [2.05, 4.69) is 15.4 Å². The van der Waals surface area contributed by atoms with E-state index in [-0.39, 0.29) is 17.2 Å². The quantitative estimate of drug-likeness (QED) is 0.472. The van der Waals surface area contributed by atoms with Gasteiger partial charge in [0.15, 0.2) is 0 Å². The van der Waals surface area contributed by atoms with Gasteiger partial charge in [0.1, 0.15) is 11.6 Å². The zero-order valence-corrected chi connectivity index (χ0v) is 11.3. The first-order chi connectivity index (χ1) is 9.40. The molecule has 108 valence electrons. The Balaban J connectivity index is 3.10. The molecule has 0 aliphatic carbocycles. The van der Waals surface area contributed by atoms with Crippen LogP contribution in [0.3, 0.4) is 0 Å². The molecule has 0 aliphatic heterocycles.